The maximum atomic E-state index is 6.19. The molecule has 1 aromatic rings. The fourth-order valence-corrected chi connectivity index (χ4v) is 3.04. The second-order valence-electron chi connectivity index (χ2n) is 5.61. The molecule has 1 aliphatic carbocycles. The highest BCUT2D eigenvalue weighted by atomic mass is 35.5. The molecular formula is C16H24ClN. The van der Waals surface area contributed by atoms with Gasteiger partial charge in [0, 0.05) is 11.1 Å². The van der Waals surface area contributed by atoms with Crippen molar-refractivity contribution >= 4 is 11.6 Å². The van der Waals surface area contributed by atoms with Gasteiger partial charge in [-0.2, -0.15) is 0 Å². The van der Waals surface area contributed by atoms with Gasteiger partial charge >= 0.3 is 0 Å². The molecule has 1 nitrogen and oxygen atoms in total. The zero-order valence-electron chi connectivity index (χ0n) is 11.3. The van der Waals surface area contributed by atoms with E-state index in [1.54, 1.807) is 0 Å². The summed E-state index contributed by atoms with van der Waals surface area (Å²) in [4.78, 5) is 0. The lowest BCUT2D eigenvalue weighted by molar-refractivity contribution is 0.330. The SMILES string of the molecule is CC(Cc1ccccc1Cl)NCC1CCCCC1. The summed E-state index contributed by atoms with van der Waals surface area (Å²) in [5, 5.41) is 4.56. The standard InChI is InChI=1S/C16H24ClN/c1-13(11-15-9-5-6-10-16(15)17)18-12-14-7-3-2-4-8-14/h5-6,9-10,13-14,18H,2-4,7-8,11-12H2,1H3. The van der Waals surface area contributed by atoms with Gasteiger partial charge in [-0.25, -0.2) is 0 Å². The highest BCUT2D eigenvalue weighted by Gasteiger charge is 2.14. The van der Waals surface area contributed by atoms with Crippen molar-refractivity contribution in [1.29, 1.82) is 0 Å². The first-order valence-corrected chi connectivity index (χ1v) is 7.60. The zero-order chi connectivity index (χ0) is 12.8. The first-order chi connectivity index (χ1) is 8.75. The zero-order valence-corrected chi connectivity index (χ0v) is 12.0. The van der Waals surface area contributed by atoms with Crippen LogP contribution in [0.15, 0.2) is 24.3 Å². The Morgan fingerprint density at radius 2 is 1.94 bits per heavy atom. The van der Waals surface area contributed by atoms with Gasteiger partial charge in [0.15, 0.2) is 0 Å². The molecule has 100 valence electrons. The van der Waals surface area contributed by atoms with E-state index in [2.05, 4.69) is 24.4 Å². The van der Waals surface area contributed by atoms with E-state index >= 15 is 0 Å². The molecule has 18 heavy (non-hydrogen) atoms. The van der Waals surface area contributed by atoms with E-state index < -0.39 is 0 Å². The third kappa shape index (κ3) is 4.29. The Kier molecular flexibility index (Phi) is 5.52. The molecule has 0 saturated heterocycles. The van der Waals surface area contributed by atoms with Crippen LogP contribution in [0.25, 0.3) is 0 Å². The predicted octanol–water partition coefficient (Wildman–Crippen LogP) is 4.44. The molecule has 1 N–H and O–H groups in total. The summed E-state index contributed by atoms with van der Waals surface area (Å²) in [5.74, 6) is 0.896. The van der Waals surface area contributed by atoms with Gasteiger partial charge < -0.3 is 5.32 Å². The van der Waals surface area contributed by atoms with Gasteiger partial charge in [-0.15, -0.1) is 0 Å². The van der Waals surface area contributed by atoms with Crippen LogP contribution in [0.2, 0.25) is 5.02 Å². The molecular weight excluding hydrogens is 242 g/mol. The number of benzene rings is 1. The van der Waals surface area contributed by atoms with Crippen LogP contribution < -0.4 is 5.32 Å². The summed E-state index contributed by atoms with van der Waals surface area (Å²) in [6.45, 7) is 3.43. The Bertz CT molecular complexity index is 358. The van der Waals surface area contributed by atoms with Gasteiger partial charge in [-0.1, -0.05) is 49.1 Å². The third-order valence-corrected chi connectivity index (χ3v) is 4.33. The van der Waals surface area contributed by atoms with Crippen LogP contribution in [-0.2, 0) is 6.42 Å². The van der Waals surface area contributed by atoms with Crippen molar-refractivity contribution in [2.45, 2.75) is 51.5 Å². The maximum Gasteiger partial charge on any atom is 0.0438 e. The van der Waals surface area contributed by atoms with E-state index in [0.29, 0.717) is 6.04 Å². The molecule has 0 aliphatic heterocycles. The van der Waals surface area contributed by atoms with E-state index in [1.165, 1.54) is 44.2 Å². The minimum absolute atomic E-state index is 0.506. The summed E-state index contributed by atoms with van der Waals surface area (Å²) >= 11 is 6.19. The summed E-state index contributed by atoms with van der Waals surface area (Å²) in [5.41, 5.74) is 1.25. The van der Waals surface area contributed by atoms with Gasteiger partial charge in [0.2, 0.25) is 0 Å². The molecule has 0 spiro atoms. The van der Waals surface area contributed by atoms with E-state index in [1.807, 2.05) is 12.1 Å². The van der Waals surface area contributed by atoms with Crippen LogP contribution in [0, 0.1) is 5.92 Å². The summed E-state index contributed by atoms with van der Waals surface area (Å²) in [6, 6.07) is 8.67. The molecule has 1 aliphatic rings. The predicted molar refractivity (Wildman–Crippen MR) is 79.2 cm³/mol. The van der Waals surface area contributed by atoms with E-state index in [-0.39, 0.29) is 0 Å². The Morgan fingerprint density at radius 1 is 1.22 bits per heavy atom. The Hall–Kier alpha value is -0.530. The number of hydrogen-bond donors (Lipinski definition) is 1. The molecule has 0 aromatic heterocycles. The number of hydrogen-bond acceptors (Lipinski definition) is 1. The molecule has 1 atom stereocenters. The number of nitrogens with one attached hydrogen (secondary N) is 1. The molecule has 1 fully saturated rings. The third-order valence-electron chi connectivity index (χ3n) is 3.96. The van der Waals surface area contributed by atoms with Crippen molar-refractivity contribution in [3.63, 3.8) is 0 Å². The first-order valence-electron chi connectivity index (χ1n) is 7.22. The van der Waals surface area contributed by atoms with Crippen molar-refractivity contribution in [2.75, 3.05) is 6.54 Å². The minimum atomic E-state index is 0.506. The maximum absolute atomic E-state index is 6.19. The van der Waals surface area contributed by atoms with Crippen LogP contribution in [0.1, 0.15) is 44.6 Å². The molecule has 1 unspecified atom stereocenters. The second-order valence-corrected chi connectivity index (χ2v) is 6.02. The first kappa shape index (κ1) is 13.9. The van der Waals surface area contributed by atoms with Crippen molar-refractivity contribution < 1.29 is 0 Å². The Morgan fingerprint density at radius 3 is 2.67 bits per heavy atom. The largest absolute Gasteiger partial charge is 0.314 e. The average molecular weight is 266 g/mol. The van der Waals surface area contributed by atoms with E-state index in [9.17, 15) is 0 Å². The second kappa shape index (κ2) is 7.16. The van der Waals surface area contributed by atoms with Gasteiger partial charge in [-0.05, 0) is 50.3 Å². The molecule has 2 rings (SSSR count). The minimum Gasteiger partial charge on any atom is -0.314 e. The van der Waals surface area contributed by atoms with Gasteiger partial charge in [0.25, 0.3) is 0 Å². The summed E-state index contributed by atoms with van der Waals surface area (Å²) < 4.78 is 0. The molecule has 0 radical (unpaired) electrons. The highest BCUT2D eigenvalue weighted by Crippen LogP contribution is 2.23. The molecule has 1 saturated carbocycles. The fraction of sp³-hybridized carbons (Fsp3) is 0.625. The molecule has 1 aromatic carbocycles. The van der Waals surface area contributed by atoms with Crippen LogP contribution in [0.4, 0.5) is 0 Å². The van der Waals surface area contributed by atoms with Crippen LogP contribution in [-0.4, -0.2) is 12.6 Å². The molecule has 2 heteroatoms. The lowest BCUT2D eigenvalue weighted by Crippen LogP contribution is -2.33. The van der Waals surface area contributed by atoms with Crippen LogP contribution >= 0.6 is 11.6 Å². The van der Waals surface area contributed by atoms with Gasteiger partial charge in [0.05, 0.1) is 0 Å². The van der Waals surface area contributed by atoms with E-state index in [0.717, 1.165) is 17.4 Å². The van der Waals surface area contributed by atoms with Crippen LogP contribution in [0.5, 0.6) is 0 Å². The van der Waals surface area contributed by atoms with Crippen molar-refractivity contribution in [3.8, 4) is 0 Å². The molecule has 0 heterocycles. The van der Waals surface area contributed by atoms with E-state index in [4.69, 9.17) is 11.6 Å². The average Bonchev–Trinajstić information content (AvgIpc) is 2.40. The van der Waals surface area contributed by atoms with Crippen molar-refractivity contribution in [1.82, 2.24) is 5.32 Å². The van der Waals surface area contributed by atoms with Crippen LogP contribution in [0.3, 0.4) is 0 Å². The molecule has 0 amide bonds. The smallest absolute Gasteiger partial charge is 0.0438 e. The number of halogens is 1. The quantitative estimate of drug-likeness (QED) is 0.830. The van der Waals surface area contributed by atoms with Gasteiger partial charge in [-0.3, -0.25) is 0 Å². The summed E-state index contributed by atoms with van der Waals surface area (Å²) in [7, 11) is 0. The lowest BCUT2D eigenvalue weighted by atomic mass is 9.89. The Balaban J connectivity index is 1.74. The normalized spacial score (nSPS) is 18.8. The highest BCUT2D eigenvalue weighted by molar-refractivity contribution is 6.31. The Labute approximate surface area is 116 Å². The lowest BCUT2D eigenvalue weighted by Gasteiger charge is -2.24. The fourth-order valence-electron chi connectivity index (χ4n) is 2.83. The topological polar surface area (TPSA) is 12.0 Å². The monoisotopic (exact) mass is 265 g/mol. The number of rotatable bonds is 5. The van der Waals surface area contributed by atoms with Crippen molar-refractivity contribution in [2.24, 2.45) is 5.92 Å². The molecule has 0 bridgehead atoms. The van der Waals surface area contributed by atoms with Crippen molar-refractivity contribution in [3.05, 3.63) is 34.9 Å². The van der Waals surface area contributed by atoms with Gasteiger partial charge in [0.1, 0.15) is 0 Å². The summed E-state index contributed by atoms with van der Waals surface area (Å²) in [6.07, 6.45) is 8.12.